The van der Waals surface area contributed by atoms with Gasteiger partial charge in [0.25, 0.3) is 0 Å². The smallest absolute Gasteiger partial charge is 0.871 e. The van der Waals surface area contributed by atoms with Crippen LogP contribution in [0.1, 0.15) is 32.0 Å². The summed E-state index contributed by atoms with van der Waals surface area (Å²) in [7, 11) is 2.74. The minimum atomic E-state index is -0.631. The second-order valence-corrected chi connectivity index (χ2v) is 5.75. The first-order valence-corrected chi connectivity index (χ1v) is 7.77. The van der Waals surface area contributed by atoms with Crippen LogP contribution in [0.15, 0.2) is 36.5 Å². The van der Waals surface area contributed by atoms with E-state index in [-0.39, 0.29) is 85.4 Å². The SMILES string of the molecule is COC(=O)c1cc(C(=O)c2c(C)c(OC)c3ccc([O-])cn23)ccc1N.[K+]. The van der Waals surface area contributed by atoms with E-state index < -0.39 is 5.97 Å². The van der Waals surface area contributed by atoms with E-state index in [1.165, 1.54) is 49.1 Å². The molecule has 3 rings (SSSR count). The van der Waals surface area contributed by atoms with Crippen LogP contribution in [0.4, 0.5) is 5.69 Å². The average Bonchev–Trinajstić information content (AvgIpc) is 2.91. The Balaban J connectivity index is 0.00000261. The Bertz CT molecular complexity index is 1040. The third-order valence-corrected chi connectivity index (χ3v) is 4.23. The van der Waals surface area contributed by atoms with Gasteiger partial charge in [-0.2, -0.15) is 0 Å². The van der Waals surface area contributed by atoms with E-state index in [9.17, 15) is 14.7 Å². The number of nitrogens with zero attached hydrogens (tertiary/aromatic N) is 1. The van der Waals surface area contributed by atoms with Gasteiger partial charge in [0.05, 0.1) is 25.3 Å². The Morgan fingerprint density at radius 2 is 1.85 bits per heavy atom. The summed E-state index contributed by atoms with van der Waals surface area (Å²) in [6.07, 6.45) is 1.33. The van der Waals surface area contributed by atoms with Crippen LogP contribution in [0.2, 0.25) is 0 Å². The van der Waals surface area contributed by atoms with Gasteiger partial charge in [0.1, 0.15) is 11.4 Å². The number of benzene rings is 1. The molecule has 8 heteroatoms. The summed E-state index contributed by atoms with van der Waals surface area (Å²) in [6.45, 7) is 1.74. The Labute approximate surface area is 198 Å². The van der Waals surface area contributed by atoms with Crippen molar-refractivity contribution in [2.45, 2.75) is 6.92 Å². The number of hydrogen-bond donors (Lipinski definition) is 1. The van der Waals surface area contributed by atoms with E-state index in [0.29, 0.717) is 16.8 Å². The molecule has 0 unspecified atom stereocenters. The molecule has 134 valence electrons. The van der Waals surface area contributed by atoms with E-state index in [4.69, 9.17) is 15.2 Å². The minimum absolute atomic E-state index is 0. The van der Waals surface area contributed by atoms with Gasteiger partial charge in [0, 0.05) is 23.0 Å². The molecule has 0 saturated heterocycles. The predicted octanol–water partition coefficient (Wildman–Crippen LogP) is -1.07. The van der Waals surface area contributed by atoms with Gasteiger partial charge >= 0.3 is 57.4 Å². The van der Waals surface area contributed by atoms with E-state index in [0.717, 1.165) is 0 Å². The number of ketones is 1. The van der Waals surface area contributed by atoms with Crippen molar-refractivity contribution in [3.05, 3.63) is 58.9 Å². The topological polar surface area (TPSA) is 106 Å². The number of anilines is 1. The molecule has 0 saturated carbocycles. The zero-order valence-electron chi connectivity index (χ0n) is 15.5. The number of rotatable bonds is 4. The third kappa shape index (κ3) is 3.76. The number of carbonyl (C=O) groups is 2. The Kier molecular flexibility index (Phi) is 6.71. The molecule has 0 radical (unpaired) electrons. The summed E-state index contributed by atoms with van der Waals surface area (Å²) in [6, 6.07) is 7.39. The second kappa shape index (κ2) is 8.45. The number of pyridine rings is 1. The third-order valence-electron chi connectivity index (χ3n) is 4.23. The van der Waals surface area contributed by atoms with Crippen molar-refractivity contribution in [2.75, 3.05) is 20.0 Å². The molecule has 3 aromatic rings. The van der Waals surface area contributed by atoms with Crippen molar-refractivity contribution in [3.8, 4) is 11.5 Å². The zero-order valence-corrected chi connectivity index (χ0v) is 18.7. The van der Waals surface area contributed by atoms with Crippen molar-refractivity contribution < 1.29 is 75.6 Å². The van der Waals surface area contributed by atoms with Crippen LogP contribution >= 0.6 is 0 Å². The van der Waals surface area contributed by atoms with Gasteiger partial charge in [-0.3, -0.25) is 4.79 Å². The molecule has 0 spiro atoms. The number of ether oxygens (including phenoxy) is 2. The fourth-order valence-corrected chi connectivity index (χ4v) is 2.99. The molecular weight excluding hydrogens is 375 g/mol. The number of aromatic nitrogens is 1. The summed E-state index contributed by atoms with van der Waals surface area (Å²) in [4.78, 5) is 25.0. The van der Waals surface area contributed by atoms with Gasteiger partial charge in [-0.1, -0.05) is 11.8 Å². The summed E-state index contributed by atoms with van der Waals surface area (Å²) in [5, 5.41) is 11.8. The number of hydrogen-bond acceptors (Lipinski definition) is 6. The van der Waals surface area contributed by atoms with Gasteiger partial charge in [-0.05, 0) is 31.2 Å². The van der Waals surface area contributed by atoms with Crippen molar-refractivity contribution in [1.82, 2.24) is 4.40 Å². The van der Waals surface area contributed by atoms with Gasteiger partial charge in [0.2, 0.25) is 5.78 Å². The molecule has 0 aliphatic carbocycles. The standard InChI is InChI=1S/C19H18N2O5.K/c1-10-16(21-9-12(22)5-7-15(21)18(10)25-2)17(23)11-4-6-14(20)13(8-11)19(24)26-3;/h4-9,22H,20H2,1-3H3;/q;+1/p-1. The van der Waals surface area contributed by atoms with Crippen LogP contribution in [0.5, 0.6) is 11.5 Å². The molecule has 7 nitrogen and oxygen atoms in total. The molecule has 0 aliphatic heterocycles. The van der Waals surface area contributed by atoms with Crippen molar-refractivity contribution in [3.63, 3.8) is 0 Å². The first-order chi connectivity index (χ1) is 12.4. The largest absolute Gasteiger partial charge is 1.00 e. The summed E-state index contributed by atoms with van der Waals surface area (Å²) in [5.41, 5.74) is 7.85. The zero-order chi connectivity index (χ0) is 19.0. The molecule has 1 aromatic carbocycles. The summed E-state index contributed by atoms with van der Waals surface area (Å²) < 4.78 is 11.6. The maximum Gasteiger partial charge on any atom is 1.00 e. The molecule has 2 N–H and O–H groups in total. The monoisotopic (exact) mass is 392 g/mol. The maximum atomic E-state index is 13.1. The Morgan fingerprint density at radius 1 is 1.15 bits per heavy atom. The quantitative estimate of drug-likeness (QED) is 0.262. The van der Waals surface area contributed by atoms with Crippen LogP contribution < -0.4 is 67.0 Å². The van der Waals surface area contributed by atoms with Gasteiger partial charge in [0.15, 0.2) is 0 Å². The summed E-state index contributed by atoms with van der Waals surface area (Å²) in [5.74, 6) is -0.724. The molecule has 2 aromatic heterocycles. The van der Waals surface area contributed by atoms with Crippen LogP contribution in [-0.4, -0.2) is 30.4 Å². The second-order valence-electron chi connectivity index (χ2n) is 5.75. The number of carbonyl (C=O) groups excluding carboxylic acids is 2. The normalized spacial score (nSPS) is 10.3. The minimum Gasteiger partial charge on any atom is -0.871 e. The number of methoxy groups -OCH3 is 2. The number of esters is 1. The van der Waals surface area contributed by atoms with Gasteiger partial charge < -0.3 is 24.7 Å². The maximum absolute atomic E-state index is 13.1. The molecule has 0 aliphatic rings. The first kappa shape index (κ1) is 21.5. The van der Waals surface area contributed by atoms with Crippen molar-refractivity contribution in [1.29, 1.82) is 0 Å². The van der Waals surface area contributed by atoms with Crippen LogP contribution in [-0.2, 0) is 4.74 Å². The van der Waals surface area contributed by atoms with E-state index in [1.54, 1.807) is 13.0 Å². The van der Waals surface area contributed by atoms with Crippen molar-refractivity contribution in [2.24, 2.45) is 0 Å². The molecule has 0 bridgehead atoms. The molecule has 27 heavy (non-hydrogen) atoms. The Morgan fingerprint density at radius 3 is 2.48 bits per heavy atom. The van der Waals surface area contributed by atoms with Crippen LogP contribution in [0.3, 0.4) is 0 Å². The van der Waals surface area contributed by atoms with Crippen molar-refractivity contribution >= 4 is 23.0 Å². The van der Waals surface area contributed by atoms with E-state index in [1.807, 2.05) is 0 Å². The molecule has 0 amide bonds. The van der Waals surface area contributed by atoms with Crippen LogP contribution in [0, 0.1) is 6.92 Å². The van der Waals surface area contributed by atoms with Gasteiger partial charge in [-0.15, -0.1) is 0 Å². The molecule has 2 heterocycles. The fraction of sp³-hybridized carbons (Fsp3) is 0.158. The Hall–Kier alpha value is -1.84. The van der Waals surface area contributed by atoms with E-state index in [2.05, 4.69) is 0 Å². The van der Waals surface area contributed by atoms with Crippen LogP contribution in [0.25, 0.3) is 5.52 Å². The molecule has 0 atom stereocenters. The summed E-state index contributed by atoms with van der Waals surface area (Å²) >= 11 is 0. The first-order valence-electron chi connectivity index (χ1n) is 7.77. The molecule has 0 fully saturated rings. The number of nitrogen functional groups attached to an aromatic ring is 1. The van der Waals surface area contributed by atoms with E-state index >= 15 is 0 Å². The predicted molar refractivity (Wildman–Crippen MR) is 93.8 cm³/mol. The fourth-order valence-electron chi connectivity index (χ4n) is 2.99. The number of nitrogens with two attached hydrogens (primary N) is 1. The van der Waals surface area contributed by atoms with Gasteiger partial charge in [-0.25, -0.2) is 4.79 Å². The molecular formula is C19H17KN2O5. The average molecular weight is 392 g/mol. The number of fused-ring (bicyclic) bond motifs is 1.